The van der Waals surface area contributed by atoms with Crippen LogP contribution in [-0.2, 0) is 6.54 Å². The number of anilines is 1. The summed E-state index contributed by atoms with van der Waals surface area (Å²) < 4.78 is 5.49. The van der Waals surface area contributed by atoms with E-state index in [-0.39, 0.29) is 6.03 Å². The molecule has 1 heterocycles. The molecule has 0 saturated carbocycles. The summed E-state index contributed by atoms with van der Waals surface area (Å²) in [7, 11) is 0. The maximum absolute atomic E-state index is 12.1. The van der Waals surface area contributed by atoms with Crippen LogP contribution in [-0.4, -0.2) is 17.5 Å². The van der Waals surface area contributed by atoms with Gasteiger partial charge in [-0.2, -0.15) is 0 Å². The van der Waals surface area contributed by atoms with Gasteiger partial charge in [0.1, 0.15) is 11.5 Å². The van der Waals surface area contributed by atoms with Crippen molar-refractivity contribution in [2.75, 3.05) is 11.9 Å². The molecule has 0 fully saturated rings. The topological polar surface area (TPSA) is 45.5 Å². The molecule has 100 valence electrons. The number of hydrogen-bond acceptors (Lipinski definition) is 2. The molecule has 0 aliphatic carbocycles. The Labute approximate surface area is 113 Å². The molecule has 0 spiro atoms. The minimum atomic E-state index is -0.122. The maximum atomic E-state index is 12.1. The van der Waals surface area contributed by atoms with Gasteiger partial charge in [0.2, 0.25) is 0 Å². The van der Waals surface area contributed by atoms with E-state index in [1.165, 1.54) is 0 Å². The highest BCUT2D eigenvalue weighted by atomic mass is 16.3. The first-order valence-corrected chi connectivity index (χ1v) is 6.35. The summed E-state index contributed by atoms with van der Waals surface area (Å²) in [5.41, 5.74) is 0.793. The molecule has 2 aromatic rings. The van der Waals surface area contributed by atoms with Gasteiger partial charge in [-0.1, -0.05) is 18.2 Å². The van der Waals surface area contributed by atoms with Gasteiger partial charge in [0, 0.05) is 12.2 Å². The highest BCUT2D eigenvalue weighted by molar-refractivity contribution is 5.89. The first-order chi connectivity index (χ1) is 9.19. The molecular formula is C15H18N2O2. The van der Waals surface area contributed by atoms with E-state index in [1.807, 2.05) is 56.3 Å². The summed E-state index contributed by atoms with van der Waals surface area (Å²) in [4.78, 5) is 13.8. The van der Waals surface area contributed by atoms with E-state index in [2.05, 4.69) is 5.32 Å². The molecule has 0 radical (unpaired) electrons. The lowest BCUT2D eigenvalue weighted by molar-refractivity contribution is 0.207. The van der Waals surface area contributed by atoms with E-state index < -0.39 is 0 Å². The molecule has 1 N–H and O–H groups in total. The van der Waals surface area contributed by atoms with Crippen LogP contribution in [0, 0.1) is 6.92 Å². The Hall–Kier alpha value is -2.23. The summed E-state index contributed by atoms with van der Waals surface area (Å²) in [5, 5.41) is 2.87. The van der Waals surface area contributed by atoms with Crippen molar-refractivity contribution in [1.82, 2.24) is 4.90 Å². The number of amides is 2. The van der Waals surface area contributed by atoms with Crippen LogP contribution in [0.25, 0.3) is 0 Å². The maximum Gasteiger partial charge on any atom is 0.322 e. The van der Waals surface area contributed by atoms with Gasteiger partial charge in [0.25, 0.3) is 0 Å². The van der Waals surface area contributed by atoms with Gasteiger partial charge in [-0.05, 0) is 38.1 Å². The monoisotopic (exact) mass is 258 g/mol. The quantitative estimate of drug-likeness (QED) is 0.910. The lowest BCUT2D eigenvalue weighted by Gasteiger charge is -2.20. The molecule has 0 atom stereocenters. The third-order valence-corrected chi connectivity index (χ3v) is 2.84. The number of furan rings is 1. The van der Waals surface area contributed by atoms with Crippen molar-refractivity contribution in [2.24, 2.45) is 0 Å². The zero-order chi connectivity index (χ0) is 13.7. The lowest BCUT2D eigenvalue weighted by atomic mass is 10.3. The van der Waals surface area contributed by atoms with Crippen molar-refractivity contribution >= 4 is 11.7 Å². The van der Waals surface area contributed by atoms with Crippen LogP contribution in [0.4, 0.5) is 10.5 Å². The van der Waals surface area contributed by atoms with E-state index in [1.54, 1.807) is 4.90 Å². The molecular weight excluding hydrogens is 240 g/mol. The molecule has 0 saturated heterocycles. The van der Waals surface area contributed by atoms with Gasteiger partial charge < -0.3 is 14.6 Å². The molecule has 2 amide bonds. The zero-order valence-electron chi connectivity index (χ0n) is 11.2. The summed E-state index contributed by atoms with van der Waals surface area (Å²) in [6.45, 7) is 4.94. The Morgan fingerprint density at radius 3 is 2.53 bits per heavy atom. The molecule has 0 aliphatic rings. The van der Waals surface area contributed by atoms with E-state index >= 15 is 0 Å². The lowest BCUT2D eigenvalue weighted by Crippen LogP contribution is -2.34. The number of urea groups is 1. The Balaban J connectivity index is 1.99. The SMILES string of the molecule is CCN(Cc1ccc(C)o1)C(=O)Nc1ccccc1. The Bertz CT molecular complexity index is 534. The predicted molar refractivity (Wildman–Crippen MR) is 75.0 cm³/mol. The summed E-state index contributed by atoms with van der Waals surface area (Å²) >= 11 is 0. The van der Waals surface area contributed by atoms with E-state index in [4.69, 9.17) is 4.42 Å². The Morgan fingerprint density at radius 1 is 1.21 bits per heavy atom. The van der Waals surface area contributed by atoms with Gasteiger partial charge in [0.05, 0.1) is 6.54 Å². The highest BCUT2D eigenvalue weighted by Crippen LogP contribution is 2.12. The molecule has 0 bridgehead atoms. The van der Waals surface area contributed by atoms with Crippen LogP contribution >= 0.6 is 0 Å². The number of benzene rings is 1. The zero-order valence-corrected chi connectivity index (χ0v) is 11.2. The minimum Gasteiger partial charge on any atom is -0.464 e. The average molecular weight is 258 g/mol. The predicted octanol–water partition coefficient (Wildman–Crippen LogP) is 3.64. The molecule has 2 rings (SSSR count). The van der Waals surface area contributed by atoms with Crippen LogP contribution in [0.3, 0.4) is 0 Å². The number of carbonyl (C=O) groups excluding carboxylic acids is 1. The number of nitrogens with zero attached hydrogens (tertiary/aromatic N) is 1. The summed E-state index contributed by atoms with van der Waals surface area (Å²) in [6.07, 6.45) is 0. The first kappa shape index (κ1) is 13.2. The molecule has 19 heavy (non-hydrogen) atoms. The van der Waals surface area contributed by atoms with Crippen molar-refractivity contribution in [1.29, 1.82) is 0 Å². The molecule has 4 heteroatoms. The third kappa shape index (κ3) is 3.61. The van der Waals surface area contributed by atoms with Crippen molar-refractivity contribution in [2.45, 2.75) is 20.4 Å². The second kappa shape index (κ2) is 6.09. The molecule has 0 unspecified atom stereocenters. The first-order valence-electron chi connectivity index (χ1n) is 6.35. The number of nitrogens with one attached hydrogen (secondary N) is 1. The van der Waals surface area contributed by atoms with Gasteiger partial charge in [-0.15, -0.1) is 0 Å². The largest absolute Gasteiger partial charge is 0.464 e. The number of rotatable bonds is 4. The normalized spacial score (nSPS) is 10.2. The second-order valence-corrected chi connectivity index (χ2v) is 4.32. The average Bonchev–Trinajstić information content (AvgIpc) is 2.82. The van der Waals surface area contributed by atoms with Crippen LogP contribution in [0.1, 0.15) is 18.4 Å². The smallest absolute Gasteiger partial charge is 0.322 e. The van der Waals surface area contributed by atoms with Crippen molar-refractivity contribution in [3.05, 3.63) is 54.0 Å². The van der Waals surface area contributed by atoms with Crippen molar-refractivity contribution in [3.63, 3.8) is 0 Å². The minimum absolute atomic E-state index is 0.122. The standard InChI is InChI=1S/C15H18N2O2/c1-3-17(11-14-10-9-12(2)19-14)15(18)16-13-7-5-4-6-8-13/h4-10H,3,11H2,1-2H3,(H,16,18). The van der Waals surface area contributed by atoms with Crippen LogP contribution in [0.2, 0.25) is 0 Å². The third-order valence-electron chi connectivity index (χ3n) is 2.84. The second-order valence-electron chi connectivity index (χ2n) is 4.32. The van der Waals surface area contributed by atoms with E-state index in [0.717, 1.165) is 17.2 Å². The Morgan fingerprint density at radius 2 is 1.95 bits per heavy atom. The summed E-state index contributed by atoms with van der Waals surface area (Å²) in [6, 6.07) is 13.1. The molecule has 0 aliphatic heterocycles. The van der Waals surface area contributed by atoms with Gasteiger partial charge >= 0.3 is 6.03 Å². The van der Waals surface area contributed by atoms with Gasteiger partial charge in [0.15, 0.2) is 0 Å². The van der Waals surface area contributed by atoms with Crippen molar-refractivity contribution < 1.29 is 9.21 Å². The van der Waals surface area contributed by atoms with Crippen molar-refractivity contribution in [3.8, 4) is 0 Å². The fourth-order valence-corrected chi connectivity index (χ4v) is 1.81. The fraction of sp³-hybridized carbons (Fsp3) is 0.267. The number of hydrogen-bond donors (Lipinski definition) is 1. The van der Waals surface area contributed by atoms with Gasteiger partial charge in [-0.3, -0.25) is 0 Å². The number of carbonyl (C=O) groups is 1. The Kier molecular flexibility index (Phi) is 4.23. The number of aryl methyl sites for hydroxylation is 1. The van der Waals surface area contributed by atoms with Crippen LogP contribution in [0.15, 0.2) is 46.9 Å². The molecule has 4 nitrogen and oxygen atoms in total. The molecule has 1 aromatic heterocycles. The fourth-order valence-electron chi connectivity index (χ4n) is 1.81. The summed E-state index contributed by atoms with van der Waals surface area (Å²) in [5.74, 6) is 1.65. The van der Waals surface area contributed by atoms with Crippen LogP contribution < -0.4 is 5.32 Å². The van der Waals surface area contributed by atoms with E-state index in [0.29, 0.717) is 13.1 Å². The van der Waals surface area contributed by atoms with Gasteiger partial charge in [-0.25, -0.2) is 4.79 Å². The molecule has 1 aromatic carbocycles. The van der Waals surface area contributed by atoms with Crippen LogP contribution in [0.5, 0.6) is 0 Å². The number of para-hydroxylation sites is 1. The van der Waals surface area contributed by atoms with E-state index in [9.17, 15) is 4.79 Å². The highest BCUT2D eigenvalue weighted by Gasteiger charge is 2.13.